The number of amides is 2. The molecule has 0 aliphatic heterocycles. The van der Waals surface area contributed by atoms with Gasteiger partial charge in [0.25, 0.3) is 5.91 Å². The van der Waals surface area contributed by atoms with Gasteiger partial charge in [-0.3, -0.25) is 14.5 Å². The minimum absolute atomic E-state index is 0.0118. The maximum Gasteiger partial charge on any atom is 0.260 e. The molecule has 3 rings (SSSR count). The second-order valence-electron chi connectivity index (χ2n) is 9.05. The molecule has 3 aromatic rings. The molecular formula is C26H22Br2F4N2O3. The first-order valence-electron chi connectivity index (χ1n) is 10.8. The highest BCUT2D eigenvalue weighted by Gasteiger charge is 2.38. The van der Waals surface area contributed by atoms with Gasteiger partial charge in [-0.05, 0) is 89.0 Å². The van der Waals surface area contributed by atoms with Crippen LogP contribution in [0.1, 0.15) is 42.7 Å². The fourth-order valence-electron chi connectivity index (χ4n) is 3.58. The Morgan fingerprint density at radius 3 is 2.11 bits per heavy atom. The molecule has 3 aromatic carbocycles. The van der Waals surface area contributed by atoms with Gasteiger partial charge in [-0.25, -0.2) is 17.6 Å². The Hall–Kier alpha value is -2.92. The molecule has 0 bridgehead atoms. The van der Waals surface area contributed by atoms with E-state index >= 15 is 0 Å². The highest BCUT2D eigenvalue weighted by atomic mass is 79.9. The van der Waals surface area contributed by atoms with Gasteiger partial charge in [0.05, 0.1) is 22.8 Å². The number of nitrogens with zero attached hydrogens (tertiary/aromatic N) is 1. The Bertz CT molecular complexity index is 1340. The lowest BCUT2D eigenvalue weighted by Crippen LogP contribution is -2.49. The van der Waals surface area contributed by atoms with Crippen molar-refractivity contribution in [3.05, 3.63) is 91.9 Å². The largest absolute Gasteiger partial charge is 0.497 e. The van der Waals surface area contributed by atoms with E-state index < -0.39 is 51.1 Å². The van der Waals surface area contributed by atoms with Crippen LogP contribution in [-0.4, -0.2) is 24.5 Å². The monoisotopic (exact) mass is 644 g/mol. The number of carbonyl (C=O) groups is 2. The molecule has 0 saturated carbocycles. The van der Waals surface area contributed by atoms with Crippen LogP contribution in [0.4, 0.5) is 23.2 Å². The summed E-state index contributed by atoms with van der Waals surface area (Å²) in [5.74, 6) is -5.77. The zero-order valence-corrected chi connectivity index (χ0v) is 23.3. The quantitative estimate of drug-likeness (QED) is 0.230. The molecule has 0 aliphatic rings. The summed E-state index contributed by atoms with van der Waals surface area (Å²) in [4.78, 5) is 28.5. The number of halogens is 6. The van der Waals surface area contributed by atoms with Crippen LogP contribution in [0.5, 0.6) is 5.75 Å². The van der Waals surface area contributed by atoms with Gasteiger partial charge in [-0.15, -0.1) is 0 Å². The molecule has 0 radical (unpaired) electrons. The lowest BCUT2D eigenvalue weighted by atomic mass is 9.99. The first-order valence-corrected chi connectivity index (χ1v) is 12.4. The SMILES string of the molecule is COc1ccc(C(=O)N(c2cc(F)cc(F)c2)C(C(=O)NC(C)(C)C)c2ccc(F)c(F)c2Br)c(Br)c1. The molecule has 1 unspecified atom stereocenters. The van der Waals surface area contributed by atoms with Gasteiger partial charge in [-0.2, -0.15) is 0 Å². The van der Waals surface area contributed by atoms with E-state index in [9.17, 15) is 27.2 Å². The number of hydrogen-bond acceptors (Lipinski definition) is 3. The third-order valence-electron chi connectivity index (χ3n) is 5.12. The summed E-state index contributed by atoms with van der Waals surface area (Å²) >= 11 is 6.27. The van der Waals surface area contributed by atoms with Gasteiger partial charge < -0.3 is 10.1 Å². The van der Waals surface area contributed by atoms with Crippen molar-refractivity contribution in [3.63, 3.8) is 0 Å². The number of methoxy groups -OCH3 is 1. The molecule has 5 nitrogen and oxygen atoms in total. The van der Waals surface area contributed by atoms with Gasteiger partial charge in [0.15, 0.2) is 11.6 Å². The van der Waals surface area contributed by atoms with E-state index in [2.05, 4.69) is 37.2 Å². The topological polar surface area (TPSA) is 58.6 Å². The van der Waals surface area contributed by atoms with Crippen LogP contribution in [0.15, 0.2) is 57.5 Å². The summed E-state index contributed by atoms with van der Waals surface area (Å²) in [6.07, 6.45) is 0. The van der Waals surface area contributed by atoms with Crippen LogP contribution in [0.25, 0.3) is 0 Å². The third-order valence-corrected chi connectivity index (χ3v) is 6.58. The Morgan fingerprint density at radius 2 is 1.57 bits per heavy atom. The molecule has 0 heterocycles. The average Bonchev–Trinajstić information content (AvgIpc) is 2.79. The molecular weight excluding hydrogens is 624 g/mol. The Balaban J connectivity index is 2.34. The summed E-state index contributed by atoms with van der Waals surface area (Å²) < 4.78 is 62.3. The first-order chi connectivity index (χ1) is 17.2. The van der Waals surface area contributed by atoms with Gasteiger partial charge >= 0.3 is 0 Å². The van der Waals surface area contributed by atoms with Crippen molar-refractivity contribution in [1.29, 1.82) is 0 Å². The van der Waals surface area contributed by atoms with E-state index in [1.807, 2.05) is 0 Å². The predicted molar refractivity (Wildman–Crippen MR) is 139 cm³/mol. The van der Waals surface area contributed by atoms with Gasteiger partial charge in [-0.1, -0.05) is 6.07 Å². The Labute approximate surface area is 228 Å². The van der Waals surface area contributed by atoms with Crippen molar-refractivity contribution in [2.75, 3.05) is 12.0 Å². The van der Waals surface area contributed by atoms with Gasteiger partial charge in [0, 0.05) is 21.6 Å². The van der Waals surface area contributed by atoms with Crippen LogP contribution in [0.2, 0.25) is 0 Å². The minimum Gasteiger partial charge on any atom is -0.497 e. The van der Waals surface area contributed by atoms with Crippen LogP contribution < -0.4 is 15.0 Å². The molecule has 196 valence electrons. The van der Waals surface area contributed by atoms with Crippen LogP contribution in [0.3, 0.4) is 0 Å². The Kier molecular flexibility index (Phi) is 8.69. The number of nitrogens with one attached hydrogen (secondary N) is 1. The van der Waals surface area contributed by atoms with E-state index in [4.69, 9.17) is 4.74 Å². The number of ether oxygens (including phenoxy) is 1. The maximum atomic E-state index is 14.6. The van der Waals surface area contributed by atoms with E-state index in [0.29, 0.717) is 11.8 Å². The summed E-state index contributed by atoms with van der Waals surface area (Å²) in [6.45, 7) is 5.03. The number of carbonyl (C=O) groups excluding carboxylic acids is 2. The number of rotatable bonds is 6. The summed E-state index contributed by atoms with van der Waals surface area (Å²) in [5, 5.41) is 2.71. The van der Waals surface area contributed by atoms with Crippen molar-refractivity contribution in [2.45, 2.75) is 32.4 Å². The molecule has 0 fully saturated rings. The molecule has 0 spiro atoms. The van der Waals surface area contributed by atoms with Crippen molar-refractivity contribution in [3.8, 4) is 5.75 Å². The van der Waals surface area contributed by atoms with E-state index in [-0.39, 0.29) is 21.3 Å². The zero-order chi connectivity index (χ0) is 27.7. The number of benzene rings is 3. The molecule has 0 aliphatic carbocycles. The van der Waals surface area contributed by atoms with Crippen molar-refractivity contribution in [2.24, 2.45) is 0 Å². The van der Waals surface area contributed by atoms with Crippen molar-refractivity contribution in [1.82, 2.24) is 5.32 Å². The summed E-state index contributed by atoms with van der Waals surface area (Å²) in [7, 11) is 1.43. The lowest BCUT2D eigenvalue weighted by molar-refractivity contribution is -0.123. The highest BCUT2D eigenvalue weighted by Crippen LogP contribution is 2.37. The minimum atomic E-state index is -1.67. The van der Waals surface area contributed by atoms with E-state index in [1.165, 1.54) is 25.3 Å². The molecule has 0 saturated heterocycles. The highest BCUT2D eigenvalue weighted by molar-refractivity contribution is 9.10. The van der Waals surface area contributed by atoms with Crippen LogP contribution in [0, 0.1) is 23.3 Å². The summed E-state index contributed by atoms with van der Waals surface area (Å²) in [6, 6.07) is 6.95. The zero-order valence-electron chi connectivity index (χ0n) is 20.1. The fourth-order valence-corrected chi connectivity index (χ4v) is 4.64. The number of anilines is 1. The van der Waals surface area contributed by atoms with Gasteiger partial charge in [0.2, 0.25) is 5.91 Å². The third kappa shape index (κ3) is 6.51. The Morgan fingerprint density at radius 1 is 0.946 bits per heavy atom. The maximum absolute atomic E-state index is 14.6. The number of hydrogen-bond donors (Lipinski definition) is 1. The molecule has 37 heavy (non-hydrogen) atoms. The van der Waals surface area contributed by atoms with Crippen molar-refractivity contribution >= 4 is 49.4 Å². The summed E-state index contributed by atoms with van der Waals surface area (Å²) in [5.41, 5.74) is -1.28. The van der Waals surface area contributed by atoms with E-state index in [0.717, 1.165) is 29.2 Å². The first kappa shape index (κ1) is 28.6. The average molecular weight is 646 g/mol. The van der Waals surface area contributed by atoms with Crippen molar-refractivity contribution < 1.29 is 31.9 Å². The standard InChI is InChI=1S/C26H22Br2F4N2O3/c1-26(2,3)33-24(35)23(18-7-8-20(31)22(32)21(18)28)34(15-10-13(29)9-14(30)11-15)25(36)17-6-5-16(37-4)12-19(17)27/h5-12,23H,1-4H3,(H,33,35). The second kappa shape index (κ2) is 11.2. The van der Waals surface area contributed by atoms with Gasteiger partial charge in [0.1, 0.15) is 23.4 Å². The second-order valence-corrected chi connectivity index (χ2v) is 10.7. The normalized spacial score (nSPS) is 12.2. The molecule has 1 N–H and O–H groups in total. The molecule has 1 atom stereocenters. The molecule has 2 amide bonds. The van der Waals surface area contributed by atoms with Crippen LogP contribution >= 0.6 is 31.9 Å². The smallest absolute Gasteiger partial charge is 0.260 e. The van der Waals surface area contributed by atoms with Crippen LogP contribution in [-0.2, 0) is 4.79 Å². The van der Waals surface area contributed by atoms with E-state index in [1.54, 1.807) is 20.8 Å². The lowest BCUT2D eigenvalue weighted by Gasteiger charge is -2.34. The molecule has 11 heteroatoms. The molecule has 0 aromatic heterocycles. The fraction of sp³-hybridized carbons (Fsp3) is 0.231. The predicted octanol–water partition coefficient (Wildman–Crippen LogP) is 7.08.